The van der Waals surface area contributed by atoms with Gasteiger partial charge in [0.05, 0.1) is 26.4 Å². The van der Waals surface area contributed by atoms with Crippen molar-refractivity contribution in [2.45, 2.75) is 38.1 Å². The highest BCUT2D eigenvalue weighted by Crippen LogP contribution is 2.28. The van der Waals surface area contributed by atoms with E-state index in [9.17, 15) is 5.11 Å². The molecule has 7 heteroatoms. The largest absolute Gasteiger partial charge is 0.388 e. The molecule has 0 radical (unpaired) electrons. The second-order valence-electron chi connectivity index (χ2n) is 8.42. The van der Waals surface area contributed by atoms with E-state index in [1.807, 2.05) is 91.0 Å². The summed E-state index contributed by atoms with van der Waals surface area (Å²) in [5.41, 5.74) is 9.37. The van der Waals surface area contributed by atoms with Crippen molar-refractivity contribution in [3.63, 3.8) is 0 Å². The topological polar surface area (TPSA) is 99.7 Å². The van der Waals surface area contributed by atoms with Gasteiger partial charge in [0.1, 0.15) is 18.3 Å². The zero-order valence-electron chi connectivity index (χ0n) is 20.0. The van der Waals surface area contributed by atoms with Crippen molar-refractivity contribution >= 4 is 5.95 Å². The highest BCUT2D eigenvalue weighted by Gasteiger charge is 2.32. The van der Waals surface area contributed by atoms with Gasteiger partial charge in [-0.2, -0.15) is 0 Å². The Morgan fingerprint density at radius 1 is 0.667 bits per heavy atom. The van der Waals surface area contributed by atoms with Crippen LogP contribution in [0.4, 0.5) is 5.95 Å². The Hall–Kier alpha value is -3.62. The van der Waals surface area contributed by atoms with Crippen LogP contribution in [0.5, 0.6) is 0 Å². The summed E-state index contributed by atoms with van der Waals surface area (Å²) >= 11 is 0. The van der Waals surface area contributed by atoms with E-state index in [4.69, 9.17) is 19.9 Å². The third-order valence-corrected chi connectivity index (χ3v) is 5.66. The van der Waals surface area contributed by atoms with Crippen LogP contribution in [0.15, 0.2) is 103 Å². The average molecular weight is 486 g/mol. The van der Waals surface area contributed by atoms with Crippen molar-refractivity contribution in [1.29, 1.82) is 0 Å². The van der Waals surface area contributed by atoms with Gasteiger partial charge >= 0.3 is 0 Å². The summed E-state index contributed by atoms with van der Waals surface area (Å²) in [7, 11) is 0. The minimum atomic E-state index is -0.976. The predicted octanol–water partition coefficient (Wildman–Crippen LogP) is 4.48. The van der Waals surface area contributed by atoms with Crippen molar-refractivity contribution in [2.24, 2.45) is 0 Å². The molecule has 3 atom stereocenters. The van der Waals surface area contributed by atoms with E-state index in [1.165, 1.54) is 0 Å². The molecule has 0 saturated heterocycles. The highest BCUT2D eigenvalue weighted by molar-refractivity contribution is 5.21. The van der Waals surface area contributed by atoms with Crippen molar-refractivity contribution in [3.8, 4) is 0 Å². The Morgan fingerprint density at radius 3 is 1.67 bits per heavy atom. The van der Waals surface area contributed by atoms with E-state index in [0.29, 0.717) is 25.4 Å². The number of anilines is 1. The molecular formula is C29H31N3O4. The van der Waals surface area contributed by atoms with Gasteiger partial charge in [0.15, 0.2) is 0 Å². The maximum atomic E-state index is 11.3. The molecule has 3 aromatic carbocycles. The van der Waals surface area contributed by atoms with Crippen LogP contribution in [0.2, 0.25) is 0 Å². The van der Waals surface area contributed by atoms with E-state index in [2.05, 4.69) is 9.97 Å². The van der Waals surface area contributed by atoms with Gasteiger partial charge in [-0.3, -0.25) is 0 Å². The summed E-state index contributed by atoms with van der Waals surface area (Å²) in [5.74, 6) is 0.161. The molecule has 0 amide bonds. The minimum Gasteiger partial charge on any atom is -0.388 e. The molecule has 0 fully saturated rings. The van der Waals surface area contributed by atoms with Crippen LogP contribution in [0.1, 0.15) is 28.4 Å². The SMILES string of the molecule is Nc1ncc([C@@H](OCc2ccccc2)[C@H](OCc2ccccc2)[C@H](O)COCc2ccccc2)cn1. The fourth-order valence-corrected chi connectivity index (χ4v) is 3.77. The molecule has 0 aliphatic rings. The first kappa shape index (κ1) is 25.5. The summed E-state index contributed by atoms with van der Waals surface area (Å²) in [6.45, 7) is 1.06. The minimum absolute atomic E-state index is 0.0649. The van der Waals surface area contributed by atoms with Gasteiger partial charge in [-0.25, -0.2) is 9.97 Å². The number of nitrogens with two attached hydrogens (primary N) is 1. The lowest BCUT2D eigenvalue weighted by atomic mass is 10.0. The van der Waals surface area contributed by atoms with Crippen LogP contribution in [-0.4, -0.2) is 33.9 Å². The molecule has 3 N–H and O–H groups in total. The van der Waals surface area contributed by atoms with E-state index in [1.54, 1.807) is 12.4 Å². The smallest absolute Gasteiger partial charge is 0.219 e. The van der Waals surface area contributed by atoms with Crippen LogP contribution < -0.4 is 5.73 Å². The number of benzene rings is 3. The molecule has 7 nitrogen and oxygen atoms in total. The number of rotatable bonds is 13. The number of ether oxygens (including phenoxy) is 3. The Kier molecular flexibility index (Phi) is 9.53. The van der Waals surface area contributed by atoms with Crippen molar-refractivity contribution in [3.05, 3.63) is 126 Å². The number of hydrogen-bond donors (Lipinski definition) is 2. The average Bonchev–Trinajstić information content (AvgIpc) is 2.93. The monoisotopic (exact) mass is 485 g/mol. The zero-order valence-corrected chi connectivity index (χ0v) is 20.0. The van der Waals surface area contributed by atoms with E-state index < -0.39 is 18.3 Å². The van der Waals surface area contributed by atoms with E-state index >= 15 is 0 Å². The van der Waals surface area contributed by atoms with Crippen LogP contribution in [0.25, 0.3) is 0 Å². The van der Waals surface area contributed by atoms with Crippen LogP contribution in [0.3, 0.4) is 0 Å². The molecule has 0 aliphatic heterocycles. The Balaban J connectivity index is 1.53. The maximum Gasteiger partial charge on any atom is 0.219 e. The molecule has 1 heterocycles. The second-order valence-corrected chi connectivity index (χ2v) is 8.42. The summed E-state index contributed by atoms with van der Waals surface area (Å²) in [5, 5.41) is 11.3. The van der Waals surface area contributed by atoms with Gasteiger partial charge < -0.3 is 25.1 Å². The van der Waals surface area contributed by atoms with Gasteiger partial charge in [0.25, 0.3) is 0 Å². The van der Waals surface area contributed by atoms with Gasteiger partial charge in [-0.05, 0) is 16.7 Å². The van der Waals surface area contributed by atoms with Gasteiger partial charge in [-0.1, -0.05) is 91.0 Å². The molecule has 0 bridgehead atoms. The molecule has 36 heavy (non-hydrogen) atoms. The fourth-order valence-electron chi connectivity index (χ4n) is 3.77. The third kappa shape index (κ3) is 7.69. The number of aliphatic hydroxyl groups is 1. The Labute approximate surface area is 211 Å². The summed E-state index contributed by atoms with van der Waals surface area (Å²) in [6, 6.07) is 29.4. The van der Waals surface area contributed by atoms with Crippen LogP contribution in [-0.2, 0) is 34.0 Å². The zero-order chi connectivity index (χ0) is 25.0. The number of nitrogen functional groups attached to an aromatic ring is 1. The molecule has 1 aromatic heterocycles. The Bertz CT molecular complexity index is 1150. The van der Waals surface area contributed by atoms with Crippen molar-refractivity contribution in [1.82, 2.24) is 9.97 Å². The standard InChI is InChI=1S/C29H31N3O4/c30-29-31-16-25(17-32-29)27(35-19-23-12-6-2-7-13-23)28(36-20-24-14-8-3-9-15-24)26(33)21-34-18-22-10-4-1-5-11-22/h1-17,26-28,33H,18-21H2,(H2,30,31,32)/t26-,27-,28-/m1/s1. The van der Waals surface area contributed by atoms with Gasteiger partial charge in [0, 0.05) is 18.0 Å². The highest BCUT2D eigenvalue weighted by atomic mass is 16.6. The molecule has 0 spiro atoms. The number of nitrogens with zero attached hydrogens (tertiary/aromatic N) is 2. The first-order chi connectivity index (χ1) is 17.7. The van der Waals surface area contributed by atoms with Gasteiger partial charge in [-0.15, -0.1) is 0 Å². The van der Waals surface area contributed by atoms with Crippen molar-refractivity contribution in [2.75, 3.05) is 12.3 Å². The molecule has 4 rings (SSSR count). The lowest BCUT2D eigenvalue weighted by molar-refractivity contribution is -0.150. The maximum absolute atomic E-state index is 11.3. The quantitative estimate of drug-likeness (QED) is 0.288. The molecular weight excluding hydrogens is 454 g/mol. The lowest BCUT2D eigenvalue weighted by Crippen LogP contribution is -2.39. The molecule has 0 saturated carbocycles. The van der Waals surface area contributed by atoms with E-state index in [-0.39, 0.29) is 12.6 Å². The molecule has 186 valence electrons. The summed E-state index contributed by atoms with van der Waals surface area (Å²) in [6.07, 6.45) is 0.820. The third-order valence-electron chi connectivity index (χ3n) is 5.66. The fraction of sp³-hybridized carbons (Fsp3) is 0.241. The number of aromatic nitrogens is 2. The summed E-state index contributed by atoms with van der Waals surface area (Å²) < 4.78 is 18.5. The van der Waals surface area contributed by atoms with Crippen LogP contribution in [0, 0.1) is 0 Å². The normalized spacial score (nSPS) is 13.7. The number of hydrogen-bond acceptors (Lipinski definition) is 7. The van der Waals surface area contributed by atoms with Gasteiger partial charge in [0.2, 0.25) is 5.95 Å². The number of aliphatic hydroxyl groups excluding tert-OH is 1. The van der Waals surface area contributed by atoms with Crippen molar-refractivity contribution < 1.29 is 19.3 Å². The molecule has 0 aliphatic carbocycles. The second kappa shape index (κ2) is 13.5. The first-order valence-electron chi connectivity index (χ1n) is 11.9. The molecule has 4 aromatic rings. The lowest BCUT2D eigenvalue weighted by Gasteiger charge is -2.31. The Morgan fingerprint density at radius 2 is 1.14 bits per heavy atom. The first-order valence-corrected chi connectivity index (χ1v) is 11.9. The van der Waals surface area contributed by atoms with Crippen LogP contribution >= 0.6 is 0 Å². The molecule has 0 unspecified atom stereocenters. The predicted molar refractivity (Wildman–Crippen MR) is 138 cm³/mol. The van der Waals surface area contributed by atoms with E-state index in [0.717, 1.165) is 16.7 Å². The summed E-state index contributed by atoms with van der Waals surface area (Å²) in [4.78, 5) is 8.27.